The first-order valence-electron chi connectivity index (χ1n) is 5.74. The third-order valence-electron chi connectivity index (χ3n) is 2.88. The number of anilines is 1. The minimum absolute atomic E-state index is 0.583. The smallest absolute Gasteiger partial charge is 0.318 e. The van der Waals surface area contributed by atoms with Crippen LogP contribution in [0.3, 0.4) is 0 Å². The summed E-state index contributed by atoms with van der Waals surface area (Å²) in [5, 5.41) is 11.5. The summed E-state index contributed by atoms with van der Waals surface area (Å²) >= 11 is 0. The van der Waals surface area contributed by atoms with Gasteiger partial charge < -0.3 is 19.2 Å². The highest BCUT2D eigenvalue weighted by Gasteiger charge is 2.17. The van der Waals surface area contributed by atoms with E-state index in [1.807, 2.05) is 30.1 Å². The van der Waals surface area contributed by atoms with E-state index in [4.69, 9.17) is 4.42 Å². The van der Waals surface area contributed by atoms with Crippen LogP contribution in [0.15, 0.2) is 22.9 Å². The summed E-state index contributed by atoms with van der Waals surface area (Å²) in [7, 11) is 1.97. The van der Waals surface area contributed by atoms with Crippen molar-refractivity contribution in [2.75, 3.05) is 31.1 Å². The van der Waals surface area contributed by atoms with E-state index in [0.717, 1.165) is 31.7 Å². The molecule has 6 nitrogen and oxygen atoms in total. The van der Waals surface area contributed by atoms with Crippen LogP contribution in [0.1, 0.15) is 0 Å². The second-order valence-electron chi connectivity index (χ2n) is 4.19. The largest absolute Gasteiger partial charge is 0.403 e. The molecule has 2 aromatic rings. The van der Waals surface area contributed by atoms with Crippen LogP contribution in [-0.2, 0) is 7.05 Å². The van der Waals surface area contributed by atoms with Gasteiger partial charge in [-0.25, -0.2) is 0 Å². The second-order valence-corrected chi connectivity index (χ2v) is 4.19. The van der Waals surface area contributed by atoms with E-state index in [0.29, 0.717) is 11.9 Å². The molecule has 0 radical (unpaired) electrons. The van der Waals surface area contributed by atoms with Crippen molar-refractivity contribution in [3.63, 3.8) is 0 Å². The molecular weight excluding hydrogens is 218 g/mol. The summed E-state index contributed by atoms with van der Waals surface area (Å²) in [6.45, 7) is 3.75. The predicted octanol–water partition coefficient (Wildman–Crippen LogP) is 0.485. The molecule has 3 heterocycles. The first kappa shape index (κ1) is 10.3. The molecule has 90 valence electrons. The average molecular weight is 233 g/mol. The fourth-order valence-corrected chi connectivity index (χ4v) is 1.95. The van der Waals surface area contributed by atoms with Gasteiger partial charge >= 0.3 is 6.01 Å². The number of rotatable bonds is 2. The standard InChI is InChI=1S/C11H15N5O/c1-15-5-2-9(8-15)10-13-14-11(17-10)16-6-3-12-4-7-16/h2,5,8,12H,3-4,6-7H2,1H3. The highest BCUT2D eigenvalue weighted by molar-refractivity contribution is 5.52. The minimum atomic E-state index is 0.583. The zero-order valence-electron chi connectivity index (χ0n) is 9.76. The van der Waals surface area contributed by atoms with Gasteiger partial charge in [-0.2, -0.15) is 0 Å². The Kier molecular flexibility index (Phi) is 2.56. The molecule has 2 aromatic heterocycles. The molecule has 0 bridgehead atoms. The molecule has 0 atom stereocenters. The van der Waals surface area contributed by atoms with E-state index in [-0.39, 0.29) is 0 Å². The lowest BCUT2D eigenvalue weighted by Gasteiger charge is -2.24. The molecule has 0 aromatic carbocycles. The van der Waals surface area contributed by atoms with Gasteiger partial charge in [0, 0.05) is 45.6 Å². The predicted molar refractivity (Wildman–Crippen MR) is 63.8 cm³/mol. The summed E-state index contributed by atoms with van der Waals surface area (Å²) < 4.78 is 7.65. The molecule has 0 unspecified atom stereocenters. The van der Waals surface area contributed by atoms with Gasteiger partial charge in [-0.3, -0.25) is 0 Å². The van der Waals surface area contributed by atoms with Crippen molar-refractivity contribution >= 4 is 6.01 Å². The van der Waals surface area contributed by atoms with Gasteiger partial charge in [0.2, 0.25) is 0 Å². The number of aryl methyl sites for hydroxylation is 1. The maximum Gasteiger partial charge on any atom is 0.318 e. The van der Waals surface area contributed by atoms with Crippen LogP contribution < -0.4 is 10.2 Å². The summed E-state index contributed by atoms with van der Waals surface area (Å²) in [6, 6.07) is 2.58. The summed E-state index contributed by atoms with van der Waals surface area (Å²) in [5.41, 5.74) is 0.960. The van der Waals surface area contributed by atoms with Gasteiger partial charge in [0.05, 0.1) is 5.56 Å². The second kappa shape index (κ2) is 4.21. The molecule has 1 saturated heterocycles. The summed E-state index contributed by atoms with van der Waals surface area (Å²) in [4.78, 5) is 2.11. The van der Waals surface area contributed by atoms with E-state index in [9.17, 15) is 0 Å². The van der Waals surface area contributed by atoms with Crippen molar-refractivity contribution < 1.29 is 4.42 Å². The third-order valence-corrected chi connectivity index (χ3v) is 2.88. The monoisotopic (exact) mass is 233 g/mol. The molecule has 0 aliphatic carbocycles. The highest BCUT2D eigenvalue weighted by atomic mass is 16.4. The normalized spacial score (nSPS) is 16.4. The van der Waals surface area contributed by atoms with E-state index in [1.54, 1.807) is 0 Å². The summed E-state index contributed by atoms with van der Waals surface area (Å²) in [5.74, 6) is 0.583. The van der Waals surface area contributed by atoms with Crippen LogP contribution in [0.25, 0.3) is 11.5 Å². The van der Waals surface area contributed by atoms with Gasteiger partial charge in [-0.15, -0.1) is 5.10 Å². The molecule has 6 heteroatoms. The molecule has 1 N–H and O–H groups in total. The lowest BCUT2D eigenvalue weighted by atomic mass is 10.3. The maximum absolute atomic E-state index is 5.69. The molecule has 0 amide bonds. The lowest BCUT2D eigenvalue weighted by molar-refractivity contribution is 0.505. The molecule has 17 heavy (non-hydrogen) atoms. The Bertz CT molecular complexity index is 497. The van der Waals surface area contributed by atoms with Crippen LogP contribution in [-0.4, -0.2) is 40.9 Å². The zero-order chi connectivity index (χ0) is 11.7. The zero-order valence-corrected chi connectivity index (χ0v) is 9.76. The van der Waals surface area contributed by atoms with E-state index >= 15 is 0 Å². The quantitative estimate of drug-likeness (QED) is 0.817. The Labute approximate surface area is 99.2 Å². The van der Waals surface area contributed by atoms with Gasteiger partial charge in [-0.05, 0) is 6.07 Å². The van der Waals surface area contributed by atoms with Crippen LogP contribution in [0, 0.1) is 0 Å². The molecule has 0 spiro atoms. The Balaban J connectivity index is 1.82. The molecule has 1 fully saturated rings. The molecule has 0 saturated carbocycles. The highest BCUT2D eigenvalue weighted by Crippen LogP contribution is 2.21. The third kappa shape index (κ3) is 2.03. The number of nitrogens with one attached hydrogen (secondary N) is 1. The first-order chi connectivity index (χ1) is 8.33. The van der Waals surface area contributed by atoms with Crippen molar-refractivity contribution in [1.29, 1.82) is 0 Å². The fraction of sp³-hybridized carbons (Fsp3) is 0.455. The van der Waals surface area contributed by atoms with Crippen LogP contribution in [0.2, 0.25) is 0 Å². The summed E-state index contributed by atoms with van der Waals surface area (Å²) in [6.07, 6.45) is 3.93. The molecule has 1 aliphatic heterocycles. The minimum Gasteiger partial charge on any atom is -0.403 e. The number of piperazine rings is 1. The Morgan fingerprint density at radius 3 is 2.82 bits per heavy atom. The fourth-order valence-electron chi connectivity index (χ4n) is 1.95. The average Bonchev–Trinajstić information content (AvgIpc) is 2.98. The van der Waals surface area contributed by atoms with Crippen molar-refractivity contribution in [3.05, 3.63) is 18.5 Å². The van der Waals surface area contributed by atoms with Crippen molar-refractivity contribution in [3.8, 4) is 11.5 Å². The van der Waals surface area contributed by atoms with E-state index < -0.39 is 0 Å². The van der Waals surface area contributed by atoms with Crippen molar-refractivity contribution in [1.82, 2.24) is 20.1 Å². The Morgan fingerprint density at radius 1 is 1.29 bits per heavy atom. The van der Waals surface area contributed by atoms with Crippen molar-refractivity contribution in [2.45, 2.75) is 0 Å². The number of nitrogens with zero attached hydrogens (tertiary/aromatic N) is 4. The molecule has 1 aliphatic rings. The number of aromatic nitrogens is 3. The lowest BCUT2D eigenvalue weighted by Crippen LogP contribution is -2.43. The van der Waals surface area contributed by atoms with Crippen LogP contribution >= 0.6 is 0 Å². The Hall–Kier alpha value is -1.82. The molecular formula is C11H15N5O. The van der Waals surface area contributed by atoms with Crippen LogP contribution in [0.5, 0.6) is 0 Å². The van der Waals surface area contributed by atoms with Gasteiger partial charge in [0.25, 0.3) is 5.89 Å². The number of hydrogen-bond acceptors (Lipinski definition) is 5. The van der Waals surface area contributed by atoms with E-state index in [2.05, 4.69) is 20.4 Å². The van der Waals surface area contributed by atoms with Gasteiger partial charge in [-0.1, -0.05) is 5.10 Å². The SMILES string of the molecule is Cn1ccc(-c2nnc(N3CCNCC3)o2)c1. The maximum atomic E-state index is 5.69. The Morgan fingerprint density at radius 2 is 2.12 bits per heavy atom. The molecule has 3 rings (SSSR count). The first-order valence-corrected chi connectivity index (χ1v) is 5.74. The topological polar surface area (TPSA) is 59.1 Å². The van der Waals surface area contributed by atoms with Crippen molar-refractivity contribution in [2.24, 2.45) is 7.05 Å². The number of hydrogen-bond donors (Lipinski definition) is 1. The van der Waals surface area contributed by atoms with Gasteiger partial charge in [0.15, 0.2) is 0 Å². The van der Waals surface area contributed by atoms with Gasteiger partial charge in [0.1, 0.15) is 0 Å². The van der Waals surface area contributed by atoms with Crippen LogP contribution in [0.4, 0.5) is 6.01 Å². The van der Waals surface area contributed by atoms with E-state index in [1.165, 1.54) is 0 Å².